The lowest BCUT2D eigenvalue weighted by Gasteiger charge is -2.24. The van der Waals surface area contributed by atoms with Gasteiger partial charge < -0.3 is 0 Å². The molecule has 23 heavy (non-hydrogen) atoms. The summed E-state index contributed by atoms with van der Waals surface area (Å²) < 4.78 is 4.02. The van der Waals surface area contributed by atoms with Gasteiger partial charge in [-0.25, -0.2) is 9.67 Å². The maximum atomic E-state index is 4.68. The Morgan fingerprint density at radius 3 is 2.26 bits per heavy atom. The van der Waals surface area contributed by atoms with Gasteiger partial charge in [-0.15, -0.1) is 0 Å². The molecule has 1 aliphatic rings. The van der Waals surface area contributed by atoms with E-state index in [1.165, 1.54) is 5.56 Å². The molecule has 114 valence electrons. The highest BCUT2D eigenvalue weighted by atomic mass is 79.9. The fourth-order valence-electron chi connectivity index (χ4n) is 2.75. The van der Waals surface area contributed by atoms with Crippen molar-refractivity contribution >= 4 is 43.5 Å². The monoisotopic (exact) mass is 430 g/mol. The van der Waals surface area contributed by atoms with Gasteiger partial charge in [0.05, 0.1) is 11.8 Å². The summed E-state index contributed by atoms with van der Waals surface area (Å²) in [6.45, 7) is 0. The lowest BCUT2D eigenvalue weighted by Crippen LogP contribution is -2.21. The molecule has 0 amide bonds. The van der Waals surface area contributed by atoms with E-state index in [-0.39, 0.29) is 6.04 Å². The second-order valence-corrected chi connectivity index (χ2v) is 7.17. The van der Waals surface area contributed by atoms with Crippen LogP contribution in [0.4, 0.5) is 5.95 Å². The molecule has 1 atom stereocenters. The molecule has 0 spiro atoms. The Labute approximate surface area is 150 Å². The Morgan fingerprint density at radius 1 is 0.913 bits per heavy atom. The van der Waals surface area contributed by atoms with Crippen LogP contribution >= 0.6 is 31.9 Å². The zero-order chi connectivity index (χ0) is 15.8. The van der Waals surface area contributed by atoms with Gasteiger partial charge in [0.15, 0.2) is 0 Å². The van der Waals surface area contributed by atoms with E-state index >= 15 is 0 Å². The number of hydrogen-bond donors (Lipinski definition) is 0. The minimum absolute atomic E-state index is 0.108. The van der Waals surface area contributed by atoms with Gasteiger partial charge in [0.1, 0.15) is 6.33 Å². The van der Waals surface area contributed by atoms with Crippen molar-refractivity contribution in [2.24, 2.45) is 4.99 Å². The third-order valence-electron chi connectivity index (χ3n) is 3.90. The smallest absolute Gasteiger partial charge is 0.222 e. The van der Waals surface area contributed by atoms with E-state index in [0.29, 0.717) is 5.95 Å². The Balaban J connectivity index is 1.77. The summed E-state index contributed by atoms with van der Waals surface area (Å²) in [6, 6.07) is 16.7. The number of benzene rings is 2. The lowest BCUT2D eigenvalue weighted by atomic mass is 9.96. The summed E-state index contributed by atoms with van der Waals surface area (Å²) in [5.74, 6) is 0.655. The molecule has 3 aromatic rings. The summed E-state index contributed by atoms with van der Waals surface area (Å²) in [7, 11) is 0. The topological polar surface area (TPSA) is 43.1 Å². The molecule has 0 fully saturated rings. The number of aliphatic imine (C=N–C) groups is 1. The Bertz CT molecular complexity index is 866. The van der Waals surface area contributed by atoms with Crippen molar-refractivity contribution in [1.29, 1.82) is 0 Å². The van der Waals surface area contributed by atoms with Gasteiger partial charge in [0, 0.05) is 15.4 Å². The van der Waals surface area contributed by atoms with E-state index in [1.807, 2.05) is 16.8 Å². The highest BCUT2D eigenvalue weighted by molar-refractivity contribution is 9.10. The van der Waals surface area contributed by atoms with Crippen molar-refractivity contribution in [3.8, 4) is 0 Å². The second kappa shape index (κ2) is 6.02. The second-order valence-electron chi connectivity index (χ2n) is 5.34. The van der Waals surface area contributed by atoms with Crippen LogP contribution in [0.25, 0.3) is 0 Å². The highest BCUT2D eigenvalue weighted by Crippen LogP contribution is 2.32. The third kappa shape index (κ3) is 2.88. The zero-order valence-electron chi connectivity index (χ0n) is 12.0. The van der Waals surface area contributed by atoms with Gasteiger partial charge in [0.25, 0.3) is 0 Å². The van der Waals surface area contributed by atoms with E-state index < -0.39 is 0 Å². The molecular formula is C17H12Br2N4. The molecule has 6 heteroatoms. The van der Waals surface area contributed by atoms with Crippen LogP contribution in [0.2, 0.25) is 0 Å². The van der Waals surface area contributed by atoms with Crippen LogP contribution in [0.15, 0.2) is 68.8 Å². The summed E-state index contributed by atoms with van der Waals surface area (Å²) in [6.07, 6.45) is 2.36. The number of hydrogen-bond acceptors (Lipinski definition) is 3. The van der Waals surface area contributed by atoms with Crippen LogP contribution < -0.4 is 0 Å². The molecule has 0 unspecified atom stereocenters. The molecule has 0 bridgehead atoms. The molecule has 2 aromatic carbocycles. The van der Waals surface area contributed by atoms with Gasteiger partial charge in [-0.05, 0) is 35.4 Å². The van der Waals surface area contributed by atoms with Crippen molar-refractivity contribution in [1.82, 2.24) is 14.8 Å². The predicted molar refractivity (Wildman–Crippen MR) is 97.3 cm³/mol. The first-order valence-corrected chi connectivity index (χ1v) is 8.78. The minimum atomic E-state index is 0.108. The van der Waals surface area contributed by atoms with Crippen LogP contribution in [-0.4, -0.2) is 20.5 Å². The van der Waals surface area contributed by atoms with Gasteiger partial charge >= 0.3 is 0 Å². The van der Waals surface area contributed by atoms with Crippen molar-refractivity contribution in [2.45, 2.75) is 12.5 Å². The van der Waals surface area contributed by atoms with Crippen molar-refractivity contribution < 1.29 is 0 Å². The summed E-state index contributed by atoms with van der Waals surface area (Å²) in [4.78, 5) is 8.97. The van der Waals surface area contributed by atoms with E-state index in [4.69, 9.17) is 0 Å². The van der Waals surface area contributed by atoms with E-state index in [1.54, 1.807) is 6.33 Å². The zero-order valence-corrected chi connectivity index (χ0v) is 15.2. The van der Waals surface area contributed by atoms with Crippen LogP contribution in [0.5, 0.6) is 0 Å². The maximum absolute atomic E-state index is 4.68. The molecule has 0 saturated heterocycles. The fraction of sp³-hybridized carbons (Fsp3) is 0.118. The molecule has 4 rings (SSSR count). The molecule has 0 saturated carbocycles. The predicted octanol–water partition coefficient (Wildman–Crippen LogP) is 4.92. The summed E-state index contributed by atoms with van der Waals surface area (Å²) in [5.41, 5.74) is 3.35. The quantitative estimate of drug-likeness (QED) is 0.578. The van der Waals surface area contributed by atoms with E-state index in [9.17, 15) is 0 Å². The first kappa shape index (κ1) is 14.8. The van der Waals surface area contributed by atoms with Gasteiger partial charge in [-0.2, -0.15) is 10.1 Å². The van der Waals surface area contributed by atoms with Crippen LogP contribution in [0.3, 0.4) is 0 Å². The average Bonchev–Trinajstić information content (AvgIpc) is 3.04. The number of fused-ring (bicyclic) bond motifs is 1. The summed E-state index contributed by atoms with van der Waals surface area (Å²) >= 11 is 6.96. The fourth-order valence-corrected chi connectivity index (χ4v) is 3.28. The van der Waals surface area contributed by atoms with Crippen molar-refractivity contribution in [3.05, 3.63) is 74.9 Å². The first-order chi connectivity index (χ1) is 11.2. The number of nitrogens with zero attached hydrogens (tertiary/aromatic N) is 4. The first-order valence-electron chi connectivity index (χ1n) is 7.19. The van der Waals surface area contributed by atoms with E-state index in [0.717, 1.165) is 26.6 Å². The Kier molecular flexibility index (Phi) is 3.87. The standard InChI is InChI=1S/C17H12Br2N4/c18-13-5-1-11(2-6-13)15-9-16(12-3-7-14(19)8-4-12)23-17(22-15)20-10-21-23/h1-8,10,16H,9H2/t16-/m0/s1. The number of aromatic nitrogens is 3. The normalized spacial score (nSPS) is 16.8. The maximum Gasteiger partial charge on any atom is 0.248 e. The Hall–Kier alpha value is -1.79. The number of rotatable bonds is 2. The lowest BCUT2D eigenvalue weighted by molar-refractivity contribution is 0.531. The highest BCUT2D eigenvalue weighted by Gasteiger charge is 2.25. The van der Waals surface area contributed by atoms with E-state index in [2.05, 4.69) is 83.3 Å². The van der Waals surface area contributed by atoms with Gasteiger partial charge in [-0.3, -0.25) is 0 Å². The van der Waals surface area contributed by atoms with Gasteiger partial charge in [-0.1, -0.05) is 56.1 Å². The van der Waals surface area contributed by atoms with Crippen LogP contribution in [-0.2, 0) is 0 Å². The molecule has 0 N–H and O–H groups in total. The number of halogens is 2. The largest absolute Gasteiger partial charge is 0.248 e. The van der Waals surface area contributed by atoms with Crippen molar-refractivity contribution in [3.63, 3.8) is 0 Å². The molecule has 2 heterocycles. The molecule has 0 radical (unpaired) electrons. The van der Waals surface area contributed by atoms with Crippen molar-refractivity contribution in [2.75, 3.05) is 0 Å². The third-order valence-corrected chi connectivity index (χ3v) is 4.96. The SMILES string of the molecule is Brc1ccc(C2=Nc3ncnn3[C@H](c3ccc(Br)cc3)C2)cc1. The molecule has 1 aromatic heterocycles. The molecule has 0 aliphatic carbocycles. The average molecular weight is 432 g/mol. The van der Waals surface area contributed by atoms with Gasteiger partial charge in [0.2, 0.25) is 5.95 Å². The summed E-state index contributed by atoms with van der Waals surface area (Å²) in [5, 5.41) is 4.36. The molecular weight excluding hydrogens is 420 g/mol. The molecule has 1 aliphatic heterocycles. The van der Waals surface area contributed by atoms with Crippen LogP contribution in [0, 0.1) is 0 Å². The Morgan fingerprint density at radius 2 is 1.57 bits per heavy atom. The minimum Gasteiger partial charge on any atom is -0.222 e. The van der Waals surface area contributed by atoms with Crippen LogP contribution in [0.1, 0.15) is 23.6 Å². The molecule has 4 nitrogen and oxygen atoms in total.